The van der Waals surface area contributed by atoms with Crippen LogP contribution in [-0.2, 0) is 14.3 Å². The third kappa shape index (κ3) is 2.99. The fourth-order valence-electron chi connectivity index (χ4n) is 2.99. The van der Waals surface area contributed by atoms with Crippen LogP contribution in [0.15, 0.2) is 0 Å². The largest absolute Gasteiger partial charge is 0.468 e. The molecule has 4 nitrogen and oxygen atoms in total. The lowest BCUT2D eigenvalue weighted by Crippen LogP contribution is -2.40. The second-order valence-corrected chi connectivity index (χ2v) is 5.32. The molecule has 1 heterocycles. The quantitative estimate of drug-likeness (QED) is 0.760. The Morgan fingerprint density at radius 3 is 2.82 bits per heavy atom. The molecule has 1 N–H and O–H groups in total. The summed E-state index contributed by atoms with van der Waals surface area (Å²) < 4.78 is 10.8. The number of esters is 1. The zero-order chi connectivity index (χ0) is 12.3. The maximum atomic E-state index is 11.2. The molecule has 2 atom stereocenters. The van der Waals surface area contributed by atoms with E-state index < -0.39 is 0 Å². The van der Waals surface area contributed by atoms with Gasteiger partial charge in [0.25, 0.3) is 0 Å². The molecule has 0 aromatic heterocycles. The summed E-state index contributed by atoms with van der Waals surface area (Å²) in [5.41, 5.74) is 0.181. The van der Waals surface area contributed by atoms with Crippen LogP contribution in [-0.4, -0.2) is 37.4 Å². The first kappa shape index (κ1) is 12.8. The number of ether oxygens (including phenoxy) is 2. The van der Waals surface area contributed by atoms with E-state index in [1.165, 1.54) is 39.2 Å². The van der Waals surface area contributed by atoms with Gasteiger partial charge in [-0.3, -0.25) is 4.79 Å². The second-order valence-electron chi connectivity index (χ2n) is 5.32. The van der Waals surface area contributed by atoms with Gasteiger partial charge in [-0.25, -0.2) is 0 Å². The fraction of sp³-hybridized carbons (Fsp3) is 0.923. The summed E-state index contributed by atoms with van der Waals surface area (Å²) in [6, 6.07) is -0.247. The number of methoxy groups -OCH3 is 1. The molecule has 4 heteroatoms. The maximum absolute atomic E-state index is 11.2. The van der Waals surface area contributed by atoms with Gasteiger partial charge in [-0.15, -0.1) is 0 Å². The van der Waals surface area contributed by atoms with E-state index in [1.807, 2.05) is 6.92 Å². The van der Waals surface area contributed by atoms with Crippen molar-refractivity contribution >= 4 is 5.97 Å². The van der Waals surface area contributed by atoms with Gasteiger partial charge in [-0.1, -0.05) is 12.8 Å². The third-order valence-corrected chi connectivity index (χ3v) is 4.06. The van der Waals surface area contributed by atoms with Gasteiger partial charge in [-0.05, 0) is 32.6 Å². The first-order valence-electron chi connectivity index (χ1n) is 6.64. The molecule has 1 saturated carbocycles. The van der Waals surface area contributed by atoms with Crippen LogP contribution in [0.5, 0.6) is 0 Å². The van der Waals surface area contributed by atoms with Crippen molar-refractivity contribution in [3.05, 3.63) is 0 Å². The van der Waals surface area contributed by atoms with E-state index >= 15 is 0 Å². The molecule has 2 rings (SSSR count). The number of carbonyl (C=O) groups is 1. The van der Waals surface area contributed by atoms with Crippen molar-refractivity contribution in [3.8, 4) is 0 Å². The van der Waals surface area contributed by atoms with Crippen LogP contribution in [0.25, 0.3) is 0 Å². The Labute approximate surface area is 103 Å². The van der Waals surface area contributed by atoms with E-state index in [2.05, 4.69) is 10.1 Å². The van der Waals surface area contributed by atoms with Gasteiger partial charge in [0, 0.05) is 6.54 Å². The minimum atomic E-state index is -0.247. The summed E-state index contributed by atoms with van der Waals surface area (Å²) in [5.74, 6) is -0.210. The predicted octanol–water partition coefficient (Wildman–Crippen LogP) is 1.63. The van der Waals surface area contributed by atoms with Crippen molar-refractivity contribution in [1.29, 1.82) is 0 Å². The van der Waals surface area contributed by atoms with Crippen molar-refractivity contribution in [2.24, 2.45) is 0 Å². The number of carbonyl (C=O) groups excluding carboxylic acids is 1. The van der Waals surface area contributed by atoms with Crippen molar-refractivity contribution in [2.75, 3.05) is 13.7 Å². The standard InChI is InChI=1S/C13H23NO3/c1-10(12(15)16-2)14-9-11-5-8-13(17-11)6-3-4-7-13/h10-11,14H,3-9H2,1-2H3. The highest BCUT2D eigenvalue weighted by Crippen LogP contribution is 2.43. The normalized spacial score (nSPS) is 28.5. The van der Waals surface area contributed by atoms with Gasteiger partial charge in [0.15, 0.2) is 0 Å². The predicted molar refractivity (Wildman–Crippen MR) is 64.8 cm³/mol. The summed E-state index contributed by atoms with van der Waals surface area (Å²) in [6.45, 7) is 2.57. The molecule has 2 aliphatic rings. The van der Waals surface area contributed by atoms with Crippen LogP contribution in [0.3, 0.4) is 0 Å². The molecule has 1 spiro atoms. The molecule has 2 fully saturated rings. The third-order valence-electron chi connectivity index (χ3n) is 4.06. The van der Waals surface area contributed by atoms with Crippen LogP contribution < -0.4 is 5.32 Å². The zero-order valence-electron chi connectivity index (χ0n) is 10.8. The minimum absolute atomic E-state index is 0.181. The first-order chi connectivity index (χ1) is 8.15. The van der Waals surface area contributed by atoms with Gasteiger partial charge < -0.3 is 14.8 Å². The summed E-state index contributed by atoms with van der Waals surface area (Å²) in [6.07, 6.45) is 7.61. The Bertz CT molecular complexity index is 274. The molecule has 0 radical (unpaired) electrons. The first-order valence-corrected chi connectivity index (χ1v) is 6.64. The highest BCUT2D eigenvalue weighted by atomic mass is 16.5. The lowest BCUT2D eigenvalue weighted by atomic mass is 9.98. The van der Waals surface area contributed by atoms with Crippen molar-refractivity contribution in [3.63, 3.8) is 0 Å². The number of nitrogens with one attached hydrogen (secondary N) is 1. The Kier molecular flexibility index (Phi) is 4.05. The van der Waals surface area contributed by atoms with E-state index in [-0.39, 0.29) is 23.7 Å². The van der Waals surface area contributed by atoms with Crippen LogP contribution in [0.2, 0.25) is 0 Å². The smallest absolute Gasteiger partial charge is 0.322 e. The molecule has 17 heavy (non-hydrogen) atoms. The monoisotopic (exact) mass is 241 g/mol. The molecule has 0 aromatic carbocycles. The summed E-state index contributed by atoms with van der Waals surface area (Å²) in [5, 5.41) is 3.18. The molecule has 0 aromatic rings. The molecule has 0 amide bonds. The summed E-state index contributed by atoms with van der Waals surface area (Å²) >= 11 is 0. The van der Waals surface area contributed by atoms with Crippen LogP contribution in [0.1, 0.15) is 45.4 Å². The molecular weight excluding hydrogens is 218 g/mol. The van der Waals surface area contributed by atoms with Gasteiger partial charge in [0.1, 0.15) is 6.04 Å². The number of hydrogen-bond acceptors (Lipinski definition) is 4. The molecule has 2 unspecified atom stereocenters. The van der Waals surface area contributed by atoms with Gasteiger partial charge >= 0.3 is 5.97 Å². The van der Waals surface area contributed by atoms with E-state index in [0.29, 0.717) is 0 Å². The number of hydrogen-bond donors (Lipinski definition) is 1. The van der Waals surface area contributed by atoms with Crippen molar-refractivity contribution in [1.82, 2.24) is 5.32 Å². The Morgan fingerprint density at radius 2 is 2.18 bits per heavy atom. The Balaban J connectivity index is 1.73. The maximum Gasteiger partial charge on any atom is 0.322 e. The van der Waals surface area contributed by atoms with Gasteiger partial charge in [0.2, 0.25) is 0 Å². The lowest BCUT2D eigenvalue weighted by molar-refractivity contribution is -0.142. The van der Waals surface area contributed by atoms with Crippen LogP contribution in [0, 0.1) is 0 Å². The SMILES string of the molecule is COC(=O)C(C)NCC1CCC2(CCCC2)O1. The topological polar surface area (TPSA) is 47.6 Å². The number of rotatable bonds is 4. The van der Waals surface area contributed by atoms with Gasteiger partial charge in [-0.2, -0.15) is 0 Å². The van der Waals surface area contributed by atoms with E-state index in [0.717, 1.165) is 13.0 Å². The van der Waals surface area contributed by atoms with E-state index in [9.17, 15) is 4.79 Å². The van der Waals surface area contributed by atoms with Crippen molar-refractivity contribution < 1.29 is 14.3 Å². The average Bonchev–Trinajstić information content (AvgIpc) is 2.96. The van der Waals surface area contributed by atoms with Crippen molar-refractivity contribution in [2.45, 2.75) is 63.2 Å². The highest BCUT2D eigenvalue weighted by molar-refractivity contribution is 5.75. The van der Waals surface area contributed by atoms with E-state index in [4.69, 9.17) is 4.74 Å². The molecule has 1 saturated heterocycles. The summed E-state index contributed by atoms with van der Waals surface area (Å²) in [7, 11) is 1.42. The van der Waals surface area contributed by atoms with Crippen LogP contribution in [0.4, 0.5) is 0 Å². The average molecular weight is 241 g/mol. The fourth-order valence-corrected chi connectivity index (χ4v) is 2.99. The molecule has 1 aliphatic heterocycles. The Hall–Kier alpha value is -0.610. The van der Waals surface area contributed by atoms with Crippen LogP contribution >= 0.6 is 0 Å². The molecule has 98 valence electrons. The van der Waals surface area contributed by atoms with E-state index in [1.54, 1.807) is 0 Å². The van der Waals surface area contributed by atoms with Gasteiger partial charge in [0.05, 0.1) is 18.8 Å². The summed E-state index contributed by atoms with van der Waals surface area (Å²) in [4.78, 5) is 11.2. The highest BCUT2D eigenvalue weighted by Gasteiger charge is 2.41. The lowest BCUT2D eigenvalue weighted by Gasteiger charge is -2.24. The molecule has 0 bridgehead atoms. The minimum Gasteiger partial charge on any atom is -0.468 e. The zero-order valence-corrected chi connectivity index (χ0v) is 10.8. The Morgan fingerprint density at radius 1 is 1.47 bits per heavy atom. The molecule has 1 aliphatic carbocycles. The second kappa shape index (κ2) is 5.36. The molecular formula is C13H23NO3.